The van der Waals surface area contributed by atoms with Crippen molar-refractivity contribution in [1.29, 1.82) is 0 Å². The summed E-state index contributed by atoms with van der Waals surface area (Å²) in [5, 5.41) is 4.11. The Morgan fingerprint density at radius 1 is 1.07 bits per heavy atom. The smallest absolute Gasteiger partial charge is 0.232 e. The van der Waals surface area contributed by atoms with Gasteiger partial charge in [-0.2, -0.15) is 4.98 Å². The summed E-state index contributed by atoms with van der Waals surface area (Å²) in [5.41, 5.74) is 3.97. The van der Waals surface area contributed by atoms with Gasteiger partial charge in [-0.1, -0.05) is 11.2 Å². The number of amides is 1. The van der Waals surface area contributed by atoms with E-state index < -0.39 is 0 Å². The van der Waals surface area contributed by atoms with E-state index in [0.717, 1.165) is 11.3 Å². The van der Waals surface area contributed by atoms with Crippen LogP contribution in [0.25, 0.3) is 11.4 Å². The first-order valence-electron chi connectivity index (χ1n) is 9.43. The minimum absolute atomic E-state index is 0.0556. The molecular weight excluding hydrogens is 370 g/mol. The van der Waals surface area contributed by atoms with Gasteiger partial charge in [0.1, 0.15) is 11.5 Å². The van der Waals surface area contributed by atoms with Crippen molar-refractivity contribution in [3.8, 4) is 22.9 Å². The van der Waals surface area contributed by atoms with E-state index in [2.05, 4.69) is 17.1 Å². The van der Waals surface area contributed by atoms with Crippen LogP contribution in [-0.4, -0.2) is 36.8 Å². The van der Waals surface area contributed by atoms with Crippen molar-refractivity contribution in [3.63, 3.8) is 0 Å². The zero-order valence-electron chi connectivity index (χ0n) is 16.9. The lowest BCUT2D eigenvalue weighted by Crippen LogP contribution is -2.24. The summed E-state index contributed by atoms with van der Waals surface area (Å²) in [4.78, 5) is 18.9. The van der Waals surface area contributed by atoms with E-state index in [0.29, 0.717) is 41.7 Å². The fourth-order valence-corrected chi connectivity index (χ4v) is 3.51. The molecule has 1 aromatic heterocycles. The Hall–Kier alpha value is -3.35. The molecule has 0 saturated carbocycles. The Morgan fingerprint density at radius 2 is 1.90 bits per heavy atom. The van der Waals surface area contributed by atoms with E-state index in [-0.39, 0.29) is 11.8 Å². The predicted octanol–water partition coefficient (Wildman–Crippen LogP) is 3.89. The normalized spacial score (nSPS) is 16.3. The van der Waals surface area contributed by atoms with Crippen molar-refractivity contribution in [2.45, 2.75) is 26.2 Å². The van der Waals surface area contributed by atoms with Crippen molar-refractivity contribution < 1.29 is 18.8 Å². The van der Waals surface area contributed by atoms with Crippen LogP contribution in [0.3, 0.4) is 0 Å². The van der Waals surface area contributed by atoms with Gasteiger partial charge in [0.15, 0.2) is 0 Å². The molecule has 1 amide bonds. The molecule has 1 saturated heterocycles. The molecule has 7 nitrogen and oxygen atoms in total. The number of methoxy groups -OCH3 is 2. The maximum atomic E-state index is 12.6. The molecule has 4 rings (SSSR count). The van der Waals surface area contributed by atoms with Crippen LogP contribution in [0.4, 0.5) is 5.69 Å². The summed E-state index contributed by atoms with van der Waals surface area (Å²) in [6.45, 7) is 4.62. The molecule has 3 aromatic rings. The highest BCUT2D eigenvalue weighted by atomic mass is 16.5. The highest BCUT2D eigenvalue weighted by Crippen LogP contribution is 2.35. The van der Waals surface area contributed by atoms with Crippen molar-refractivity contribution >= 4 is 11.6 Å². The number of hydrogen-bond acceptors (Lipinski definition) is 6. The molecule has 1 atom stereocenters. The molecule has 1 aliphatic heterocycles. The Morgan fingerprint density at radius 3 is 2.62 bits per heavy atom. The minimum atomic E-state index is -0.144. The van der Waals surface area contributed by atoms with E-state index in [1.807, 2.05) is 37.3 Å². The molecule has 0 radical (unpaired) electrons. The summed E-state index contributed by atoms with van der Waals surface area (Å²) in [5.74, 6) is 2.07. The topological polar surface area (TPSA) is 77.7 Å². The number of benzene rings is 2. The molecule has 0 N–H and O–H groups in total. The number of carbonyl (C=O) groups excluding carboxylic acids is 1. The van der Waals surface area contributed by atoms with E-state index in [9.17, 15) is 4.79 Å². The van der Waals surface area contributed by atoms with E-state index in [4.69, 9.17) is 14.0 Å². The van der Waals surface area contributed by atoms with Crippen LogP contribution in [0.5, 0.6) is 11.5 Å². The second kappa shape index (κ2) is 7.58. The van der Waals surface area contributed by atoms with Gasteiger partial charge < -0.3 is 18.9 Å². The lowest BCUT2D eigenvalue weighted by atomic mass is 10.1. The molecule has 150 valence electrons. The predicted molar refractivity (Wildman–Crippen MR) is 108 cm³/mol. The molecule has 0 bridgehead atoms. The lowest BCUT2D eigenvalue weighted by Gasteiger charge is -2.17. The summed E-state index contributed by atoms with van der Waals surface area (Å²) >= 11 is 0. The van der Waals surface area contributed by atoms with Crippen LogP contribution < -0.4 is 14.4 Å². The largest absolute Gasteiger partial charge is 0.497 e. The standard InChI is InChI=1S/C22H23N3O4/c1-13-5-6-16(9-14(13)2)25-12-15(10-20(25)26)22-23-21(24-29-22)18-8-7-17(27-3)11-19(18)28-4/h5-9,11,15H,10,12H2,1-4H3/t15-/m0/s1. The summed E-state index contributed by atoms with van der Waals surface area (Å²) in [7, 11) is 3.18. The van der Waals surface area contributed by atoms with Crippen molar-refractivity contribution in [2.24, 2.45) is 0 Å². The average molecular weight is 393 g/mol. The minimum Gasteiger partial charge on any atom is -0.497 e. The zero-order valence-corrected chi connectivity index (χ0v) is 16.9. The molecule has 0 unspecified atom stereocenters. The van der Waals surface area contributed by atoms with Crippen molar-refractivity contribution in [3.05, 3.63) is 53.4 Å². The van der Waals surface area contributed by atoms with Gasteiger partial charge in [-0.3, -0.25) is 4.79 Å². The molecule has 29 heavy (non-hydrogen) atoms. The van der Waals surface area contributed by atoms with Crippen LogP contribution in [0, 0.1) is 13.8 Å². The van der Waals surface area contributed by atoms with Gasteiger partial charge in [0, 0.05) is 24.7 Å². The van der Waals surface area contributed by atoms with Crippen LogP contribution in [0.15, 0.2) is 40.9 Å². The van der Waals surface area contributed by atoms with Gasteiger partial charge in [-0.15, -0.1) is 0 Å². The van der Waals surface area contributed by atoms with E-state index in [1.165, 1.54) is 5.56 Å². The monoisotopic (exact) mass is 393 g/mol. The SMILES string of the molecule is COc1ccc(-c2noc([C@H]3CC(=O)N(c4ccc(C)c(C)c4)C3)n2)c(OC)c1. The number of hydrogen-bond donors (Lipinski definition) is 0. The lowest BCUT2D eigenvalue weighted by molar-refractivity contribution is -0.117. The van der Waals surface area contributed by atoms with Gasteiger partial charge in [-0.25, -0.2) is 0 Å². The van der Waals surface area contributed by atoms with Gasteiger partial charge in [0.05, 0.1) is 25.7 Å². The number of aryl methyl sites for hydroxylation is 2. The number of carbonyl (C=O) groups is 1. The van der Waals surface area contributed by atoms with Crippen LogP contribution in [0.1, 0.15) is 29.4 Å². The molecule has 7 heteroatoms. The van der Waals surface area contributed by atoms with Crippen molar-refractivity contribution in [1.82, 2.24) is 10.1 Å². The number of nitrogens with zero attached hydrogens (tertiary/aromatic N) is 3. The third kappa shape index (κ3) is 3.55. The van der Waals surface area contributed by atoms with Gasteiger partial charge in [0.2, 0.25) is 17.6 Å². The molecular formula is C22H23N3O4. The highest BCUT2D eigenvalue weighted by molar-refractivity contribution is 5.96. The Balaban J connectivity index is 1.57. The number of aromatic nitrogens is 2. The van der Waals surface area contributed by atoms with Crippen LogP contribution in [0.2, 0.25) is 0 Å². The molecule has 0 aliphatic carbocycles. The van der Waals surface area contributed by atoms with Crippen LogP contribution >= 0.6 is 0 Å². The van der Waals surface area contributed by atoms with E-state index >= 15 is 0 Å². The maximum absolute atomic E-state index is 12.6. The van der Waals surface area contributed by atoms with Crippen molar-refractivity contribution in [2.75, 3.05) is 25.7 Å². The average Bonchev–Trinajstić information content (AvgIpc) is 3.36. The highest BCUT2D eigenvalue weighted by Gasteiger charge is 2.35. The number of ether oxygens (including phenoxy) is 2. The molecule has 1 fully saturated rings. The summed E-state index contributed by atoms with van der Waals surface area (Å²) < 4.78 is 16.2. The fraction of sp³-hybridized carbons (Fsp3) is 0.318. The molecule has 0 spiro atoms. The second-order valence-electron chi connectivity index (χ2n) is 7.20. The first-order valence-corrected chi connectivity index (χ1v) is 9.43. The quantitative estimate of drug-likeness (QED) is 0.654. The van der Waals surface area contributed by atoms with E-state index in [1.54, 1.807) is 25.2 Å². The Labute approximate surface area is 169 Å². The second-order valence-corrected chi connectivity index (χ2v) is 7.20. The van der Waals surface area contributed by atoms with Crippen LogP contribution in [-0.2, 0) is 4.79 Å². The van der Waals surface area contributed by atoms with Gasteiger partial charge in [-0.05, 0) is 49.2 Å². The Kier molecular flexibility index (Phi) is 4.96. The third-order valence-corrected chi connectivity index (χ3v) is 5.37. The zero-order chi connectivity index (χ0) is 20.5. The fourth-order valence-electron chi connectivity index (χ4n) is 3.51. The third-order valence-electron chi connectivity index (χ3n) is 5.37. The number of rotatable bonds is 5. The number of anilines is 1. The molecule has 2 aromatic carbocycles. The molecule has 1 aliphatic rings. The Bertz CT molecular complexity index is 1060. The summed E-state index contributed by atoms with van der Waals surface area (Å²) in [6.07, 6.45) is 0.342. The maximum Gasteiger partial charge on any atom is 0.232 e. The van der Waals surface area contributed by atoms with Gasteiger partial charge >= 0.3 is 0 Å². The van der Waals surface area contributed by atoms with Gasteiger partial charge in [0.25, 0.3) is 0 Å². The first-order chi connectivity index (χ1) is 14.0. The first kappa shape index (κ1) is 19.0. The molecule has 2 heterocycles. The summed E-state index contributed by atoms with van der Waals surface area (Å²) in [6, 6.07) is 11.5.